The summed E-state index contributed by atoms with van der Waals surface area (Å²) in [6, 6.07) is 11.3. The quantitative estimate of drug-likeness (QED) is 0.869. The van der Waals surface area contributed by atoms with Crippen molar-refractivity contribution in [3.05, 3.63) is 58.8 Å². The molecule has 2 aromatic rings. The van der Waals surface area contributed by atoms with E-state index in [0.717, 1.165) is 15.8 Å². The molecule has 1 N–H and O–H groups in total. The van der Waals surface area contributed by atoms with Gasteiger partial charge in [0.05, 0.1) is 19.1 Å². The van der Waals surface area contributed by atoms with Crippen LogP contribution in [-0.4, -0.2) is 17.5 Å². The molecule has 0 aliphatic heterocycles. The van der Waals surface area contributed by atoms with E-state index < -0.39 is 0 Å². The second kappa shape index (κ2) is 7.78. The van der Waals surface area contributed by atoms with Crippen molar-refractivity contribution in [2.75, 3.05) is 6.61 Å². The van der Waals surface area contributed by atoms with Gasteiger partial charge in [-0.05, 0) is 42.8 Å². The van der Waals surface area contributed by atoms with Crippen molar-refractivity contribution < 1.29 is 9.53 Å². The average Bonchev–Trinajstić information content (AvgIpc) is 2.50. The molecule has 0 saturated heterocycles. The van der Waals surface area contributed by atoms with E-state index in [9.17, 15) is 4.79 Å². The molecule has 4 nitrogen and oxygen atoms in total. The number of halogens is 1. The van der Waals surface area contributed by atoms with Crippen LogP contribution in [0.5, 0.6) is 5.75 Å². The highest BCUT2D eigenvalue weighted by atomic mass is 79.9. The van der Waals surface area contributed by atoms with E-state index in [2.05, 4.69) is 26.2 Å². The first-order chi connectivity index (χ1) is 10.1. The van der Waals surface area contributed by atoms with E-state index in [1.165, 1.54) is 0 Å². The average molecular weight is 349 g/mol. The maximum atomic E-state index is 11.9. The summed E-state index contributed by atoms with van der Waals surface area (Å²) in [7, 11) is 0. The van der Waals surface area contributed by atoms with Gasteiger partial charge in [-0.25, -0.2) is 0 Å². The molecule has 1 atom stereocenters. The van der Waals surface area contributed by atoms with Crippen molar-refractivity contribution in [1.82, 2.24) is 10.3 Å². The van der Waals surface area contributed by atoms with E-state index in [1.807, 2.05) is 43.3 Å². The van der Waals surface area contributed by atoms with E-state index in [-0.39, 0.29) is 11.9 Å². The zero-order chi connectivity index (χ0) is 15.1. The molecule has 110 valence electrons. The number of carbonyl (C=O) groups is 1. The second-order valence-electron chi connectivity index (χ2n) is 4.63. The van der Waals surface area contributed by atoms with Crippen molar-refractivity contribution in [3.63, 3.8) is 0 Å². The summed E-state index contributed by atoms with van der Waals surface area (Å²) in [5.41, 5.74) is 0.986. The lowest BCUT2D eigenvalue weighted by Gasteiger charge is -2.14. The molecule has 0 fully saturated rings. The van der Waals surface area contributed by atoms with E-state index in [1.54, 1.807) is 12.4 Å². The fourth-order valence-electron chi connectivity index (χ4n) is 1.82. The van der Waals surface area contributed by atoms with Crippen molar-refractivity contribution in [2.45, 2.75) is 19.4 Å². The van der Waals surface area contributed by atoms with Crippen LogP contribution in [0.25, 0.3) is 0 Å². The Kier molecular flexibility index (Phi) is 5.75. The smallest absolute Gasteiger partial charge is 0.223 e. The molecule has 0 aliphatic rings. The van der Waals surface area contributed by atoms with Crippen molar-refractivity contribution in [1.29, 1.82) is 0 Å². The summed E-state index contributed by atoms with van der Waals surface area (Å²) in [6.07, 6.45) is 3.79. The molecule has 1 aromatic heterocycles. The number of nitrogens with zero attached hydrogens (tertiary/aromatic N) is 1. The van der Waals surface area contributed by atoms with E-state index in [0.29, 0.717) is 13.0 Å². The van der Waals surface area contributed by atoms with Crippen molar-refractivity contribution >= 4 is 21.8 Å². The van der Waals surface area contributed by atoms with Gasteiger partial charge in [-0.15, -0.1) is 0 Å². The highest BCUT2D eigenvalue weighted by Gasteiger charge is 2.09. The Labute approximate surface area is 132 Å². The van der Waals surface area contributed by atoms with Crippen LogP contribution in [0.3, 0.4) is 0 Å². The van der Waals surface area contributed by atoms with Gasteiger partial charge in [-0.2, -0.15) is 0 Å². The zero-order valence-electron chi connectivity index (χ0n) is 11.8. The third kappa shape index (κ3) is 5.19. The van der Waals surface area contributed by atoms with Crippen LogP contribution in [0.15, 0.2) is 53.3 Å². The lowest BCUT2D eigenvalue weighted by Crippen LogP contribution is -2.27. The molecule has 0 spiro atoms. The monoisotopic (exact) mass is 348 g/mol. The number of amides is 1. The Balaban J connectivity index is 1.73. The minimum Gasteiger partial charge on any atom is -0.493 e. The molecule has 5 heteroatoms. The third-order valence-electron chi connectivity index (χ3n) is 2.97. The molecular weight excluding hydrogens is 332 g/mol. The summed E-state index contributed by atoms with van der Waals surface area (Å²) < 4.78 is 6.52. The molecule has 1 heterocycles. The van der Waals surface area contributed by atoms with Crippen LogP contribution in [0.1, 0.15) is 24.9 Å². The van der Waals surface area contributed by atoms with Gasteiger partial charge in [0.1, 0.15) is 5.75 Å². The van der Waals surface area contributed by atoms with Crippen LogP contribution in [0, 0.1) is 0 Å². The van der Waals surface area contributed by atoms with E-state index >= 15 is 0 Å². The van der Waals surface area contributed by atoms with Gasteiger partial charge in [0.25, 0.3) is 0 Å². The molecule has 1 amide bonds. The summed E-state index contributed by atoms with van der Waals surface area (Å²) in [6.45, 7) is 2.29. The van der Waals surface area contributed by atoms with Gasteiger partial charge >= 0.3 is 0 Å². The number of pyridine rings is 1. The Morgan fingerprint density at radius 3 is 2.76 bits per heavy atom. The lowest BCUT2D eigenvalue weighted by molar-refractivity contribution is -0.122. The molecule has 0 bridgehead atoms. The number of rotatable bonds is 6. The number of benzene rings is 1. The molecule has 0 radical (unpaired) electrons. The highest BCUT2D eigenvalue weighted by Crippen LogP contribution is 2.16. The number of aromatic nitrogens is 1. The fraction of sp³-hybridized carbons (Fsp3) is 0.250. The zero-order valence-corrected chi connectivity index (χ0v) is 13.3. The standard InChI is InChI=1S/C16H17BrN2O2/c1-12(13-3-2-9-18-11-13)19-16(20)8-10-21-15-6-4-14(17)5-7-15/h2-7,9,11-12H,8,10H2,1H3,(H,19,20)/t12-/m1/s1. The van der Waals surface area contributed by atoms with Gasteiger partial charge in [-0.1, -0.05) is 22.0 Å². The Hall–Kier alpha value is -1.88. The summed E-state index contributed by atoms with van der Waals surface area (Å²) in [5, 5.41) is 2.93. The second-order valence-corrected chi connectivity index (χ2v) is 5.54. The van der Waals surface area contributed by atoms with E-state index in [4.69, 9.17) is 4.74 Å². The number of ether oxygens (including phenoxy) is 1. The highest BCUT2D eigenvalue weighted by molar-refractivity contribution is 9.10. The maximum absolute atomic E-state index is 11.9. The number of hydrogen-bond donors (Lipinski definition) is 1. The van der Waals surface area contributed by atoms with Gasteiger partial charge in [0.15, 0.2) is 0 Å². The number of carbonyl (C=O) groups excluding carboxylic acids is 1. The third-order valence-corrected chi connectivity index (χ3v) is 3.50. The van der Waals surface area contributed by atoms with Crippen molar-refractivity contribution in [2.24, 2.45) is 0 Å². The topological polar surface area (TPSA) is 51.2 Å². The predicted molar refractivity (Wildman–Crippen MR) is 85.0 cm³/mol. The molecule has 0 unspecified atom stereocenters. The molecule has 0 saturated carbocycles. The number of nitrogens with one attached hydrogen (secondary N) is 1. The summed E-state index contributed by atoms with van der Waals surface area (Å²) >= 11 is 3.36. The van der Waals surface area contributed by atoms with Crippen LogP contribution in [0.2, 0.25) is 0 Å². The molecular formula is C16H17BrN2O2. The Morgan fingerprint density at radius 2 is 2.10 bits per heavy atom. The van der Waals surface area contributed by atoms with Gasteiger partial charge in [-0.3, -0.25) is 9.78 Å². The molecule has 2 rings (SSSR count). The molecule has 21 heavy (non-hydrogen) atoms. The van der Waals surface area contributed by atoms with Crippen LogP contribution >= 0.6 is 15.9 Å². The minimum atomic E-state index is -0.0566. The first-order valence-electron chi connectivity index (χ1n) is 6.73. The molecule has 0 aliphatic carbocycles. The van der Waals surface area contributed by atoms with Crippen LogP contribution in [0.4, 0.5) is 0 Å². The Morgan fingerprint density at radius 1 is 1.33 bits per heavy atom. The van der Waals surface area contributed by atoms with Crippen molar-refractivity contribution in [3.8, 4) is 5.75 Å². The first-order valence-corrected chi connectivity index (χ1v) is 7.52. The Bertz CT molecular complexity index is 573. The van der Waals surface area contributed by atoms with Crippen LogP contribution in [-0.2, 0) is 4.79 Å². The summed E-state index contributed by atoms with van der Waals surface area (Å²) in [5.74, 6) is 0.717. The van der Waals surface area contributed by atoms with Gasteiger partial charge in [0.2, 0.25) is 5.91 Å². The first kappa shape index (κ1) is 15.5. The molecule has 1 aromatic carbocycles. The fourth-order valence-corrected chi connectivity index (χ4v) is 2.09. The minimum absolute atomic E-state index is 0.0385. The normalized spacial score (nSPS) is 11.7. The summed E-state index contributed by atoms with van der Waals surface area (Å²) in [4.78, 5) is 15.9. The predicted octanol–water partition coefficient (Wildman–Crippen LogP) is 3.49. The number of hydrogen-bond acceptors (Lipinski definition) is 3. The van der Waals surface area contributed by atoms with Gasteiger partial charge in [0, 0.05) is 16.9 Å². The van der Waals surface area contributed by atoms with Crippen LogP contribution < -0.4 is 10.1 Å². The largest absolute Gasteiger partial charge is 0.493 e. The maximum Gasteiger partial charge on any atom is 0.223 e. The van der Waals surface area contributed by atoms with Gasteiger partial charge < -0.3 is 10.1 Å². The lowest BCUT2D eigenvalue weighted by atomic mass is 10.1. The SMILES string of the molecule is C[C@@H](NC(=O)CCOc1ccc(Br)cc1)c1cccnc1.